The van der Waals surface area contributed by atoms with Crippen LogP contribution in [0.25, 0.3) is 0 Å². The minimum absolute atomic E-state index is 0.128. The molecule has 0 aromatic heterocycles. The van der Waals surface area contributed by atoms with Gasteiger partial charge in [0, 0.05) is 6.54 Å². The average Bonchev–Trinajstić information content (AvgIpc) is 2.28. The minimum atomic E-state index is -0.208. The third kappa shape index (κ3) is 3.65. The number of carbonyl (C=O) groups excluding carboxylic acids is 1. The lowest BCUT2D eigenvalue weighted by atomic mass is 10.1. The molecule has 0 aliphatic rings. The maximum absolute atomic E-state index is 10.8. The van der Waals surface area contributed by atoms with E-state index in [4.69, 9.17) is 0 Å². The van der Waals surface area contributed by atoms with Crippen molar-refractivity contribution in [3.63, 3.8) is 0 Å². The Hall–Kier alpha value is -1.97. The van der Waals surface area contributed by atoms with Crippen molar-refractivity contribution in [1.82, 2.24) is 5.32 Å². The molecular formula is C12H15NO3. The fourth-order valence-electron chi connectivity index (χ4n) is 1.33. The molecule has 86 valence electrons. The van der Waals surface area contributed by atoms with Gasteiger partial charge in [0.2, 0.25) is 5.91 Å². The molecule has 1 aromatic rings. The highest BCUT2D eigenvalue weighted by Gasteiger charge is 2.02. The Morgan fingerprint density at radius 1 is 1.44 bits per heavy atom. The van der Waals surface area contributed by atoms with Crippen LogP contribution in [0.1, 0.15) is 12.0 Å². The first-order valence-electron chi connectivity index (χ1n) is 5.04. The molecule has 1 amide bonds. The van der Waals surface area contributed by atoms with Crippen LogP contribution in [0.2, 0.25) is 0 Å². The molecule has 16 heavy (non-hydrogen) atoms. The SMILES string of the molecule is C=CC(=O)NCCCc1cc(O)ccc1O. The van der Waals surface area contributed by atoms with E-state index < -0.39 is 0 Å². The van der Waals surface area contributed by atoms with Gasteiger partial charge in [-0.25, -0.2) is 0 Å². The molecule has 0 fully saturated rings. The first kappa shape index (κ1) is 12.1. The van der Waals surface area contributed by atoms with Gasteiger partial charge in [-0.1, -0.05) is 6.58 Å². The van der Waals surface area contributed by atoms with Gasteiger partial charge < -0.3 is 15.5 Å². The van der Waals surface area contributed by atoms with E-state index in [0.29, 0.717) is 24.9 Å². The summed E-state index contributed by atoms with van der Waals surface area (Å²) in [5.41, 5.74) is 0.674. The summed E-state index contributed by atoms with van der Waals surface area (Å²) in [4.78, 5) is 10.8. The number of nitrogens with one attached hydrogen (secondary N) is 1. The maximum atomic E-state index is 10.8. The van der Waals surface area contributed by atoms with E-state index in [0.717, 1.165) is 0 Å². The Balaban J connectivity index is 2.40. The number of hydrogen-bond donors (Lipinski definition) is 3. The zero-order valence-corrected chi connectivity index (χ0v) is 8.94. The van der Waals surface area contributed by atoms with Crippen molar-refractivity contribution in [2.24, 2.45) is 0 Å². The Bertz CT molecular complexity index is 388. The molecule has 0 saturated carbocycles. The second-order valence-electron chi connectivity index (χ2n) is 3.41. The molecule has 4 nitrogen and oxygen atoms in total. The Labute approximate surface area is 94.2 Å². The van der Waals surface area contributed by atoms with Gasteiger partial charge in [-0.05, 0) is 42.7 Å². The van der Waals surface area contributed by atoms with E-state index in [1.165, 1.54) is 24.3 Å². The summed E-state index contributed by atoms with van der Waals surface area (Å²) in [6.45, 7) is 3.85. The van der Waals surface area contributed by atoms with Gasteiger partial charge in [-0.15, -0.1) is 0 Å². The van der Waals surface area contributed by atoms with Gasteiger partial charge in [-0.3, -0.25) is 4.79 Å². The summed E-state index contributed by atoms with van der Waals surface area (Å²) in [6.07, 6.45) is 2.50. The topological polar surface area (TPSA) is 69.6 Å². The van der Waals surface area contributed by atoms with Crippen molar-refractivity contribution < 1.29 is 15.0 Å². The summed E-state index contributed by atoms with van der Waals surface area (Å²) < 4.78 is 0. The number of amides is 1. The first-order chi connectivity index (χ1) is 7.63. The number of aromatic hydroxyl groups is 2. The second kappa shape index (κ2) is 5.80. The van der Waals surface area contributed by atoms with Crippen molar-refractivity contribution in [2.75, 3.05) is 6.54 Å². The summed E-state index contributed by atoms with van der Waals surface area (Å²) >= 11 is 0. The van der Waals surface area contributed by atoms with Crippen LogP contribution >= 0.6 is 0 Å². The van der Waals surface area contributed by atoms with Crippen LogP contribution in [-0.4, -0.2) is 22.7 Å². The van der Waals surface area contributed by atoms with E-state index in [1.807, 2.05) is 0 Å². The van der Waals surface area contributed by atoms with E-state index in [2.05, 4.69) is 11.9 Å². The van der Waals surface area contributed by atoms with Crippen molar-refractivity contribution in [2.45, 2.75) is 12.8 Å². The number of carbonyl (C=O) groups is 1. The predicted molar refractivity (Wildman–Crippen MR) is 61.3 cm³/mol. The molecule has 4 heteroatoms. The van der Waals surface area contributed by atoms with Crippen LogP contribution in [0.15, 0.2) is 30.9 Å². The Kier molecular flexibility index (Phi) is 4.39. The lowest BCUT2D eigenvalue weighted by molar-refractivity contribution is -0.116. The van der Waals surface area contributed by atoms with Crippen LogP contribution in [0.3, 0.4) is 0 Å². The van der Waals surface area contributed by atoms with Crippen molar-refractivity contribution in [1.29, 1.82) is 0 Å². The molecule has 0 atom stereocenters. The first-order valence-corrected chi connectivity index (χ1v) is 5.04. The lowest BCUT2D eigenvalue weighted by Crippen LogP contribution is -2.22. The molecule has 0 aliphatic heterocycles. The van der Waals surface area contributed by atoms with Gasteiger partial charge in [0.15, 0.2) is 0 Å². The normalized spacial score (nSPS) is 9.75. The third-order valence-corrected chi connectivity index (χ3v) is 2.17. The zero-order chi connectivity index (χ0) is 12.0. The van der Waals surface area contributed by atoms with Gasteiger partial charge >= 0.3 is 0 Å². The van der Waals surface area contributed by atoms with Crippen LogP contribution in [0.4, 0.5) is 0 Å². The highest BCUT2D eigenvalue weighted by molar-refractivity contribution is 5.86. The summed E-state index contributed by atoms with van der Waals surface area (Å²) in [6, 6.07) is 4.40. The molecule has 0 bridgehead atoms. The largest absolute Gasteiger partial charge is 0.508 e. The Morgan fingerprint density at radius 3 is 2.88 bits per heavy atom. The van der Waals surface area contributed by atoms with Crippen molar-refractivity contribution >= 4 is 5.91 Å². The number of aryl methyl sites for hydroxylation is 1. The van der Waals surface area contributed by atoms with Crippen LogP contribution < -0.4 is 5.32 Å². The van der Waals surface area contributed by atoms with Gasteiger partial charge in [0.05, 0.1) is 0 Å². The van der Waals surface area contributed by atoms with Gasteiger partial charge in [-0.2, -0.15) is 0 Å². The number of rotatable bonds is 5. The highest BCUT2D eigenvalue weighted by Crippen LogP contribution is 2.22. The van der Waals surface area contributed by atoms with E-state index in [9.17, 15) is 15.0 Å². The van der Waals surface area contributed by atoms with Crippen molar-refractivity contribution in [3.05, 3.63) is 36.4 Å². The number of phenols is 2. The fraction of sp³-hybridized carbons (Fsp3) is 0.250. The maximum Gasteiger partial charge on any atom is 0.243 e. The molecule has 0 spiro atoms. The third-order valence-electron chi connectivity index (χ3n) is 2.17. The monoisotopic (exact) mass is 221 g/mol. The average molecular weight is 221 g/mol. The van der Waals surface area contributed by atoms with E-state index in [-0.39, 0.29) is 17.4 Å². The quantitative estimate of drug-likeness (QED) is 0.399. The van der Waals surface area contributed by atoms with Crippen LogP contribution in [-0.2, 0) is 11.2 Å². The van der Waals surface area contributed by atoms with Crippen LogP contribution in [0, 0.1) is 0 Å². The molecule has 1 rings (SSSR count). The zero-order valence-electron chi connectivity index (χ0n) is 8.94. The number of phenolic OH excluding ortho intramolecular Hbond substituents is 2. The second-order valence-corrected chi connectivity index (χ2v) is 3.41. The van der Waals surface area contributed by atoms with E-state index in [1.54, 1.807) is 0 Å². The molecule has 0 aliphatic carbocycles. The Morgan fingerprint density at radius 2 is 2.19 bits per heavy atom. The standard InChI is InChI=1S/C12H15NO3/c1-2-12(16)13-7-3-4-9-8-10(14)5-6-11(9)15/h2,5-6,8,14-15H,1,3-4,7H2,(H,13,16). The molecule has 0 heterocycles. The minimum Gasteiger partial charge on any atom is -0.508 e. The molecule has 1 aromatic carbocycles. The highest BCUT2D eigenvalue weighted by atomic mass is 16.3. The summed E-state index contributed by atoms with van der Waals surface area (Å²) in [5.74, 6) is 0.0795. The number of benzene rings is 1. The predicted octanol–water partition coefficient (Wildman–Crippen LogP) is 1.33. The molecule has 3 N–H and O–H groups in total. The smallest absolute Gasteiger partial charge is 0.243 e. The van der Waals surface area contributed by atoms with Gasteiger partial charge in [0.25, 0.3) is 0 Å². The molecule has 0 radical (unpaired) electrons. The summed E-state index contributed by atoms with van der Waals surface area (Å²) in [5, 5.41) is 21.3. The van der Waals surface area contributed by atoms with E-state index >= 15 is 0 Å². The fourth-order valence-corrected chi connectivity index (χ4v) is 1.33. The summed E-state index contributed by atoms with van der Waals surface area (Å²) in [7, 11) is 0. The molecule has 0 saturated heterocycles. The lowest BCUT2D eigenvalue weighted by Gasteiger charge is -2.05. The van der Waals surface area contributed by atoms with Gasteiger partial charge in [0.1, 0.15) is 11.5 Å². The molecular weight excluding hydrogens is 206 g/mol. The van der Waals surface area contributed by atoms with Crippen molar-refractivity contribution in [3.8, 4) is 11.5 Å². The number of hydrogen-bond acceptors (Lipinski definition) is 3. The van der Waals surface area contributed by atoms with Crippen LogP contribution in [0.5, 0.6) is 11.5 Å². The molecule has 0 unspecified atom stereocenters.